The molecule has 1 aromatic heterocycles. The van der Waals surface area contributed by atoms with Crippen LogP contribution in [0.15, 0.2) is 39.4 Å². The van der Waals surface area contributed by atoms with Crippen LogP contribution in [0.2, 0.25) is 0 Å². The average Bonchev–Trinajstić information content (AvgIpc) is 2.86. The molecule has 0 amide bonds. The summed E-state index contributed by atoms with van der Waals surface area (Å²) >= 11 is 3.54. The van der Waals surface area contributed by atoms with Gasteiger partial charge in [0.05, 0.1) is 23.9 Å². The van der Waals surface area contributed by atoms with Gasteiger partial charge in [0.15, 0.2) is 0 Å². The highest BCUT2D eigenvalue weighted by Crippen LogP contribution is 2.31. The molecule has 0 spiro atoms. The van der Waals surface area contributed by atoms with Crippen LogP contribution in [0.5, 0.6) is 5.75 Å². The molecule has 2 rings (SSSR count). The first-order chi connectivity index (χ1) is 9.67. The van der Waals surface area contributed by atoms with E-state index in [0.717, 1.165) is 34.5 Å². The van der Waals surface area contributed by atoms with Crippen LogP contribution in [0, 0.1) is 6.92 Å². The van der Waals surface area contributed by atoms with Crippen molar-refractivity contribution in [1.82, 2.24) is 5.32 Å². The van der Waals surface area contributed by atoms with E-state index in [4.69, 9.17) is 9.15 Å². The van der Waals surface area contributed by atoms with Gasteiger partial charge in [-0.1, -0.05) is 19.1 Å². The molecule has 0 saturated carbocycles. The molecule has 1 unspecified atom stereocenters. The van der Waals surface area contributed by atoms with Gasteiger partial charge in [-0.05, 0) is 59.1 Å². The minimum absolute atomic E-state index is 0.0453. The van der Waals surface area contributed by atoms with Gasteiger partial charge in [-0.2, -0.15) is 0 Å². The standard InChI is InChI=1S/C16H20BrNO2/c1-4-8-18-15(16-13(17)7-9-20-16)12-5-6-14(19-3)11(2)10-12/h5-7,9-10,15,18H,4,8H2,1-3H3. The zero-order valence-electron chi connectivity index (χ0n) is 12.1. The number of hydrogen-bond acceptors (Lipinski definition) is 3. The van der Waals surface area contributed by atoms with Crippen molar-refractivity contribution in [2.24, 2.45) is 0 Å². The van der Waals surface area contributed by atoms with Crippen LogP contribution < -0.4 is 10.1 Å². The Bertz CT molecular complexity index is 565. The Morgan fingerprint density at radius 3 is 2.70 bits per heavy atom. The Hall–Kier alpha value is -1.26. The van der Waals surface area contributed by atoms with Crippen LogP contribution in [0.1, 0.15) is 36.3 Å². The van der Waals surface area contributed by atoms with E-state index in [2.05, 4.69) is 47.2 Å². The summed E-state index contributed by atoms with van der Waals surface area (Å²) in [6.07, 6.45) is 2.78. The van der Waals surface area contributed by atoms with E-state index in [-0.39, 0.29) is 6.04 Å². The zero-order chi connectivity index (χ0) is 14.5. The molecular weight excluding hydrogens is 318 g/mol. The highest BCUT2D eigenvalue weighted by atomic mass is 79.9. The van der Waals surface area contributed by atoms with Gasteiger partial charge < -0.3 is 14.5 Å². The quantitative estimate of drug-likeness (QED) is 0.845. The normalized spacial score (nSPS) is 12.4. The summed E-state index contributed by atoms with van der Waals surface area (Å²) in [5.41, 5.74) is 2.29. The first-order valence-electron chi connectivity index (χ1n) is 6.78. The van der Waals surface area contributed by atoms with Gasteiger partial charge in [-0.15, -0.1) is 0 Å². The number of benzene rings is 1. The molecule has 108 valence electrons. The molecule has 0 aliphatic rings. The number of methoxy groups -OCH3 is 1. The topological polar surface area (TPSA) is 34.4 Å². The van der Waals surface area contributed by atoms with Crippen molar-refractivity contribution in [2.75, 3.05) is 13.7 Å². The highest BCUT2D eigenvalue weighted by Gasteiger charge is 2.20. The predicted octanol–water partition coefficient (Wildman–Crippen LogP) is 4.45. The lowest BCUT2D eigenvalue weighted by atomic mass is 10.0. The lowest BCUT2D eigenvalue weighted by Crippen LogP contribution is -2.23. The SMILES string of the molecule is CCCNC(c1ccc(OC)c(C)c1)c1occc1Br. The molecule has 0 aliphatic heterocycles. The van der Waals surface area contributed by atoms with Gasteiger partial charge in [0.25, 0.3) is 0 Å². The smallest absolute Gasteiger partial charge is 0.139 e. The van der Waals surface area contributed by atoms with Crippen LogP contribution in [-0.2, 0) is 0 Å². The number of aryl methyl sites for hydroxylation is 1. The minimum atomic E-state index is 0.0453. The molecule has 0 bridgehead atoms. The minimum Gasteiger partial charge on any atom is -0.496 e. The Morgan fingerprint density at radius 2 is 2.15 bits per heavy atom. The van der Waals surface area contributed by atoms with E-state index in [0.29, 0.717) is 0 Å². The number of rotatable bonds is 6. The van der Waals surface area contributed by atoms with Crippen LogP contribution in [0.3, 0.4) is 0 Å². The Labute approximate surface area is 128 Å². The summed E-state index contributed by atoms with van der Waals surface area (Å²) in [6, 6.07) is 8.19. The second-order valence-corrected chi connectivity index (χ2v) is 5.60. The molecule has 1 heterocycles. The molecule has 1 aromatic carbocycles. The number of hydrogen-bond donors (Lipinski definition) is 1. The summed E-state index contributed by atoms with van der Waals surface area (Å²) in [7, 11) is 1.69. The maximum atomic E-state index is 5.63. The monoisotopic (exact) mass is 337 g/mol. The maximum Gasteiger partial charge on any atom is 0.139 e. The molecule has 0 saturated heterocycles. The van der Waals surface area contributed by atoms with E-state index in [1.165, 1.54) is 5.56 Å². The summed E-state index contributed by atoms with van der Waals surface area (Å²) in [4.78, 5) is 0. The van der Waals surface area contributed by atoms with Gasteiger partial charge in [-0.3, -0.25) is 0 Å². The van der Waals surface area contributed by atoms with Crippen LogP contribution in [0.25, 0.3) is 0 Å². The largest absolute Gasteiger partial charge is 0.496 e. The van der Waals surface area contributed by atoms with Gasteiger partial charge >= 0.3 is 0 Å². The zero-order valence-corrected chi connectivity index (χ0v) is 13.7. The van der Waals surface area contributed by atoms with Crippen molar-refractivity contribution in [1.29, 1.82) is 0 Å². The number of furan rings is 1. The molecule has 3 nitrogen and oxygen atoms in total. The third kappa shape index (κ3) is 3.25. The molecule has 0 aliphatic carbocycles. The first-order valence-corrected chi connectivity index (χ1v) is 7.57. The Kier molecular flexibility index (Phi) is 5.26. The number of nitrogens with one attached hydrogen (secondary N) is 1. The lowest BCUT2D eigenvalue weighted by Gasteiger charge is -2.18. The van der Waals surface area contributed by atoms with E-state index < -0.39 is 0 Å². The van der Waals surface area contributed by atoms with E-state index in [1.54, 1.807) is 13.4 Å². The molecule has 1 atom stereocenters. The van der Waals surface area contributed by atoms with Gasteiger partial charge in [0.1, 0.15) is 11.5 Å². The van der Waals surface area contributed by atoms with Gasteiger partial charge in [-0.25, -0.2) is 0 Å². The number of ether oxygens (including phenoxy) is 1. The highest BCUT2D eigenvalue weighted by molar-refractivity contribution is 9.10. The first kappa shape index (κ1) is 15.1. The third-order valence-electron chi connectivity index (χ3n) is 3.26. The van der Waals surface area contributed by atoms with Crippen molar-refractivity contribution >= 4 is 15.9 Å². The summed E-state index contributed by atoms with van der Waals surface area (Å²) in [5.74, 6) is 1.81. The Balaban J connectivity index is 2.36. The van der Waals surface area contributed by atoms with Crippen molar-refractivity contribution in [3.8, 4) is 5.75 Å². The second-order valence-electron chi connectivity index (χ2n) is 4.75. The third-order valence-corrected chi connectivity index (χ3v) is 3.91. The molecule has 2 aromatic rings. The average molecular weight is 338 g/mol. The molecule has 0 radical (unpaired) electrons. The van der Waals surface area contributed by atoms with Gasteiger partial charge in [0, 0.05) is 0 Å². The van der Waals surface area contributed by atoms with Gasteiger partial charge in [0.2, 0.25) is 0 Å². The molecule has 4 heteroatoms. The van der Waals surface area contributed by atoms with E-state index in [1.807, 2.05) is 12.1 Å². The number of halogens is 1. The maximum absolute atomic E-state index is 5.63. The second kappa shape index (κ2) is 6.95. The predicted molar refractivity (Wildman–Crippen MR) is 84.3 cm³/mol. The van der Waals surface area contributed by atoms with Crippen molar-refractivity contribution < 1.29 is 9.15 Å². The van der Waals surface area contributed by atoms with Crippen LogP contribution >= 0.6 is 15.9 Å². The molecule has 1 N–H and O–H groups in total. The van der Waals surface area contributed by atoms with E-state index in [9.17, 15) is 0 Å². The van der Waals surface area contributed by atoms with Crippen LogP contribution in [0.4, 0.5) is 0 Å². The summed E-state index contributed by atoms with van der Waals surface area (Å²) in [5, 5.41) is 3.53. The fraction of sp³-hybridized carbons (Fsp3) is 0.375. The fourth-order valence-electron chi connectivity index (χ4n) is 2.24. The van der Waals surface area contributed by atoms with E-state index >= 15 is 0 Å². The van der Waals surface area contributed by atoms with Crippen molar-refractivity contribution in [2.45, 2.75) is 26.3 Å². The van der Waals surface area contributed by atoms with Crippen molar-refractivity contribution in [3.05, 3.63) is 51.9 Å². The summed E-state index contributed by atoms with van der Waals surface area (Å²) < 4.78 is 11.9. The molecule has 20 heavy (non-hydrogen) atoms. The van der Waals surface area contributed by atoms with Crippen molar-refractivity contribution in [3.63, 3.8) is 0 Å². The fourth-order valence-corrected chi connectivity index (χ4v) is 2.67. The molecule has 0 fully saturated rings. The Morgan fingerprint density at radius 1 is 1.35 bits per heavy atom. The summed E-state index contributed by atoms with van der Waals surface area (Å²) in [6.45, 7) is 5.14. The van der Waals surface area contributed by atoms with Crippen LogP contribution in [-0.4, -0.2) is 13.7 Å². The molecular formula is C16H20BrNO2. The lowest BCUT2D eigenvalue weighted by molar-refractivity contribution is 0.410.